The lowest BCUT2D eigenvalue weighted by molar-refractivity contribution is 0.0740. The molecule has 20 heavy (non-hydrogen) atoms. The molecule has 1 aliphatic heterocycles. The summed E-state index contributed by atoms with van der Waals surface area (Å²) in [6, 6.07) is 12.3. The van der Waals surface area contributed by atoms with Crippen molar-refractivity contribution in [1.82, 2.24) is 4.90 Å². The van der Waals surface area contributed by atoms with E-state index in [1.54, 1.807) is 0 Å². The Labute approximate surface area is 139 Å². The average molecular weight is 415 g/mol. The molecule has 1 aromatic carbocycles. The van der Waals surface area contributed by atoms with Gasteiger partial charge in [-0.2, -0.15) is 0 Å². The largest absolute Gasteiger partial charge is 0.331 e. The molecule has 3 rings (SSSR count). The highest BCUT2D eigenvalue weighted by Gasteiger charge is 2.31. The minimum Gasteiger partial charge on any atom is -0.331 e. The summed E-state index contributed by atoms with van der Waals surface area (Å²) >= 11 is 8.43. The van der Waals surface area contributed by atoms with Crippen molar-refractivity contribution in [2.24, 2.45) is 0 Å². The Hall–Kier alpha value is -0.650. The fraction of sp³-hybridized carbons (Fsp3) is 0.267. The molecule has 2 heterocycles. The lowest BCUT2D eigenvalue weighted by atomic mass is 10.0. The van der Waals surface area contributed by atoms with Gasteiger partial charge in [0, 0.05) is 11.0 Å². The van der Waals surface area contributed by atoms with Crippen LogP contribution in [0, 0.1) is 0 Å². The van der Waals surface area contributed by atoms with Crippen molar-refractivity contribution in [1.29, 1.82) is 0 Å². The van der Waals surface area contributed by atoms with Gasteiger partial charge in [-0.15, -0.1) is 11.3 Å². The number of hydrogen-bond acceptors (Lipinski definition) is 2. The van der Waals surface area contributed by atoms with E-state index in [9.17, 15) is 4.79 Å². The number of nitrogens with zero attached hydrogens (tertiary/aromatic N) is 1. The van der Waals surface area contributed by atoms with Crippen molar-refractivity contribution in [2.45, 2.75) is 18.9 Å². The first-order chi connectivity index (χ1) is 9.65. The number of likely N-dealkylation sites (tertiary alicyclic amines) is 1. The second-order valence-electron chi connectivity index (χ2n) is 4.82. The zero-order valence-electron chi connectivity index (χ0n) is 10.7. The summed E-state index contributed by atoms with van der Waals surface area (Å²) in [5.74, 6) is 0.142. The maximum absolute atomic E-state index is 12.6. The Kier molecular flexibility index (Phi) is 4.29. The van der Waals surface area contributed by atoms with Crippen molar-refractivity contribution < 1.29 is 4.79 Å². The SMILES string of the molecule is O=C(c1ccc(Br)s1)N1CCCC1c1cccc(Br)c1. The van der Waals surface area contributed by atoms with E-state index in [-0.39, 0.29) is 11.9 Å². The number of hydrogen-bond donors (Lipinski definition) is 0. The van der Waals surface area contributed by atoms with Crippen LogP contribution in [0.15, 0.2) is 44.7 Å². The van der Waals surface area contributed by atoms with Gasteiger partial charge in [0.05, 0.1) is 14.7 Å². The number of halogens is 2. The standard InChI is InChI=1S/C15H13Br2NOS/c16-11-4-1-3-10(9-11)12-5-2-8-18(12)15(19)13-6-7-14(17)20-13/h1,3-4,6-7,9,12H,2,5,8H2. The van der Waals surface area contributed by atoms with Gasteiger partial charge in [-0.25, -0.2) is 0 Å². The molecule has 1 atom stereocenters. The minimum atomic E-state index is 0.142. The molecule has 1 amide bonds. The van der Waals surface area contributed by atoms with E-state index in [0.717, 1.165) is 32.5 Å². The van der Waals surface area contributed by atoms with Gasteiger partial charge in [-0.3, -0.25) is 4.79 Å². The minimum absolute atomic E-state index is 0.142. The van der Waals surface area contributed by atoms with E-state index >= 15 is 0 Å². The Morgan fingerprint density at radius 2 is 2.10 bits per heavy atom. The van der Waals surface area contributed by atoms with Gasteiger partial charge in [-0.05, 0) is 58.6 Å². The molecular formula is C15H13Br2NOS. The van der Waals surface area contributed by atoms with Crippen LogP contribution in [0.3, 0.4) is 0 Å². The molecule has 0 spiro atoms. The Bertz CT molecular complexity index is 640. The zero-order chi connectivity index (χ0) is 14.1. The summed E-state index contributed by atoms with van der Waals surface area (Å²) < 4.78 is 2.06. The molecular weight excluding hydrogens is 402 g/mol. The van der Waals surface area contributed by atoms with Crippen LogP contribution in [0.25, 0.3) is 0 Å². The third-order valence-electron chi connectivity index (χ3n) is 3.53. The van der Waals surface area contributed by atoms with Crippen molar-refractivity contribution in [3.63, 3.8) is 0 Å². The molecule has 0 aliphatic carbocycles. The molecule has 5 heteroatoms. The van der Waals surface area contributed by atoms with Gasteiger partial charge in [0.25, 0.3) is 5.91 Å². The van der Waals surface area contributed by atoms with Gasteiger partial charge in [0.15, 0.2) is 0 Å². The van der Waals surface area contributed by atoms with Gasteiger partial charge < -0.3 is 4.90 Å². The summed E-state index contributed by atoms with van der Waals surface area (Å²) in [7, 11) is 0. The van der Waals surface area contributed by atoms with E-state index < -0.39 is 0 Å². The number of amides is 1. The van der Waals surface area contributed by atoms with Crippen LogP contribution in [-0.2, 0) is 0 Å². The van der Waals surface area contributed by atoms with Gasteiger partial charge in [0.2, 0.25) is 0 Å². The monoisotopic (exact) mass is 413 g/mol. The molecule has 0 saturated carbocycles. The highest BCUT2D eigenvalue weighted by atomic mass is 79.9. The Morgan fingerprint density at radius 3 is 2.80 bits per heavy atom. The number of benzene rings is 1. The number of rotatable bonds is 2. The van der Waals surface area contributed by atoms with Crippen molar-refractivity contribution in [2.75, 3.05) is 6.54 Å². The highest BCUT2D eigenvalue weighted by molar-refractivity contribution is 9.11. The van der Waals surface area contributed by atoms with Gasteiger partial charge in [0.1, 0.15) is 0 Å². The average Bonchev–Trinajstić information content (AvgIpc) is 3.06. The Balaban J connectivity index is 1.87. The molecule has 0 N–H and O–H groups in total. The second kappa shape index (κ2) is 6.00. The number of thiophene rings is 1. The molecule has 0 radical (unpaired) electrons. The first-order valence-corrected chi connectivity index (χ1v) is 8.87. The van der Waals surface area contributed by atoms with Crippen LogP contribution in [-0.4, -0.2) is 17.4 Å². The van der Waals surface area contributed by atoms with E-state index in [1.165, 1.54) is 16.9 Å². The first-order valence-electron chi connectivity index (χ1n) is 6.47. The summed E-state index contributed by atoms with van der Waals surface area (Å²) in [5, 5.41) is 0. The maximum atomic E-state index is 12.6. The highest BCUT2D eigenvalue weighted by Crippen LogP contribution is 2.35. The zero-order valence-corrected chi connectivity index (χ0v) is 14.7. The quantitative estimate of drug-likeness (QED) is 0.656. The van der Waals surface area contributed by atoms with Crippen molar-refractivity contribution >= 4 is 49.1 Å². The fourth-order valence-corrected chi connectivity index (χ4v) is 4.40. The van der Waals surface area contributed by atoms with Crippen molar-refractivity contribution in [3.05, 3.63) is 55.1 Å². The lowest BCUT2D eigenvalue weighted by Crippen LogP contribution is -2.29. The third kappa shape index (κ3) is 2.85. The summed E-state index contributed by atoms with van der Waals surface area (Å²) in [5.41, 5.74) is 1.21. The second-order valence-corrected chi connectivity index (χ2v) is 8.19. The van der Waals surface area contributed by atoms with Crippen LogP contribution in [0.4, 0.5) is 0 Å². The van der Waals surface area contributed by atoms with Gasteiger partial charge >= 0.3 is 0 Å². The number of carbonyl (C=O) groups is 1. The van der Waals surface area contributed by atoms with Crippen LogP contribution < -0.4 is 0 Å². The molecule has 1 unspecified atom stereocenters. The van der Waals surface area contributed by atoms with Crippen LogP contribution >= 0.6 is 43.2 Å². The molecule has 1 aliphatic rings. The predicted octanol–water partition coefficient (Wildman–Crippen LogP) is 5.25. The lowest BCUT2D eigenvalue weighted by Gasteiger charge is -2.24. The third-order valence-corrected chi connectivity index (χ3v) is 5.64. The van der Waals surface area contributed by atoms with Crippen LogP contribution in [0.1, 0.15) is 34.1 Å². The fourth-order valence-electron chi connectivity index (χ4n) is 2.64. The molecule has 1 aromatic heterocycles. The van der Waals surface area contributed by atoms with E-state index in [2.05, 4.69) is 44.0 Å². The summed E-state index contributed by atoms with van der Waals surface area (Å²) in [6.45, 7) is 0.839. The van der Waals surface area contributed by atoms with Gasteiger partial charge in [-0.1, -0.05) is 28.1 Å². The van der Waals surface area contributed by atoms with Crippen molar-refractivity contribution in [3.8, 4) is 0 Å². The summed E-state index contributed by atoms with van der Waals surface area (Å²) in [4.78, 5) is 15.4. The van der Waals surface area contributed by atoms with Crippen LogP contribution in [0.5, 0.6) is 0 Å². The van der Waals surface area contributed by atoms with E-state index in [0.29, 0.717) is 0 Å². The first kappa shape index (κ1) is 14.3. The molecule has 1 saturated heterocycles. The predicted molar refractivity (Wildman–Crippen MR) is 89.2 cm³/mol. The molecule has 104 valence electrons. The van der Waals surface area contributed by atoms with Crippen LogP contribution in [0.2, 0.25) is 0 Å². The van der Waals surface area contributed by atoms with E-state index in [1.807, 2.05) is 29.2 Å². The number of carbonyl (C=O) groups excluding carboxylic acids is 1. The Morgan fingerprint density at radius 1 is 1.25 bits per heavy atom. The molecule has 2 aromatic rings. The smallest absolute Gasteiger partial charge is 0.264 e. The molecule has 1 fully saturated rings. The topological polar surface area (TPSA) is 20.3 Å². The maximum Gasteiger partial charge on any atom is 0.264 e. The normalized spacial score (nSPS) is 18.5. The molecule has 2 nitrogen and oxygen atoms in total. The molecule has 0 bridgehead atoms. The summed E-state index contributed by atoms with van der Waals surface area (Å²) in [6.07, 6.45) is 2.10. The van der Waals surface area contributed by atoms with E-state index in [4.69, 9.17) is 0 Å².